The van der Waals surface area contributed by atoms with Crippen molar-refractivity contribution in [1.29, 1.82) is 0 Å². The SMILES string of the molecule is O=C(c1cncc(Br)c1)N1CCCN(C2CCC2)CC1. The molecule has 0 aromatic carbocycles. The molecule has 108 valence electrons. The minimum atomic E-state index is 0.106. The molecule has 0 N–H and O–H groups in total. The molecule has 1 aromatic heterocycles. The van der Waals surface area contributed by atoms with Gasteiger partial charge in [0.15, 0.2) is 0 Å². The quantitative estimate of drug-likeness (QED) is 0.832. The molecule has 5 heteroatoms. The molecule has 2 aliphatic rings. The largest absolute Gasteiger partial charge is 0.337 e. The molecule has 4 nitrogen and oxygen atoms in total. The minimum Gasteiger partial charge on any atom is -0.337 e. The van der Waals surface area contributed by atoms with Crippen LogP contribution in [0.5, 0.6) is 0 Å². The molecule has 20 heavy (non-hydrogen) atoms. The van der Waals surface area contributed by atoms with Crippen molar-refractivity contribution in [2.45, 2.75) is 31.7 Å². The number of carbonyl (C=O) groups excluding carboxylic acids is 1. The van der Waals surface area contributed by atoms with Gasteiger partial charge >= 0.3 is 0 Å². The van der Waals surface area contributed by atoms with Gasteiger partial charge in [0.25, 0.3) is 5.91 Å². The molecule has 1 amide bonds. The van der Waals surface area contributed by atoms with Crippen molar-refractivity contribution in [2.24, 2.45) is 0 Å². The summed E-state index contributed by atoms with van der Waals surface area (Å²) < 4.78 is 0.856. The summed E-state index contributed by atoms with van der Waals surface area (Å²) in [7, 11) is 0. The molecule has 3 rings (SSSR count). The molecule has 1 saturated carbocycles. The van der Waals surface area contributed by atoms with Crippen LogP contribution >= 0.6 is 15.9 Å². The topological polar surface area (TPSA) is 36.4 Å². The molecular formula is C15H20BrN3O. The van der Waals surface area contributed by atoms with Crippen LogP contribution in [-0.2, 0) is 0 Å². The summed E-state index contributed by atoms with van der Waals surface area (Å²) in [6, 6.07) is 2.63. The lowest BCUT2D eigenvalue weighted by Crippen LogP contribution is -2.42. The molecule has 0 unspecified atom stereocenters. The van der Waals surface area contributed by atoms with E-state index in [2.05, 4.69) is 25.8 Å². The van der Waals surface area contributed by atoms with Crippen LogP contribution in [-0.4, -0.2) is 52.9 Å². The first-order valence-corrected chi connectivity index (χ1v) is 8.17. The number of halogens is 1. The van der Waals surface area contributed by atoms with E-state index in [1.807, 2.05) is 11.0 Å². The second-order valence-electron chi connectivity index (χ2n) is 5.66. The molecule has 1 saturated heterocycles. The van der Waals surface area contributed by atoms with Crippen molar-refractivity contribution in [1.82, 2.24) is 14.8 Å². The summed E-state index contributed by atoms with van der Waals surface area (Å²) in [6.45, 7) is 3.83. The van der Waals surface area contributed by atoms with Gasteiger partial charge in [0, 0.05) is 49.1 Å². The lowest BCUT2D eigenvalue weighted by molar-refractivity contribution is 0.0749. The van der Waals surface area contributed by atoms with Crippen molar-refractivity contribution >= 4 is 21.8 Å². The van der Waals surface area contributed by atoms with Gasteiger partial charge in [-0.3, -0.25) is 14.7 Å². The highest BCUT2D eigenvalue weighted by Crippen LogP contribution is 2.25. The predicted molar refractivity (Wildman–Crippen MR) is 81.7 cm³/mol. The van der Waals surface area contributed by atoms with E-state index in [1.165, 1.54) is 19.3 Å². The maximum atomic E-state index is 12.5. The fourth-order valence-electron chi connectivity index (χ4n) is 2.97. The number of nitrogens with zero attached hydrogens (tertiary/aromatic N) is 3. The normalized spacial score (nSPS) is 21.4. The summed E-state index contributed by atoms with van der Waals surface area (Å²) >= 11 is 3.37. The molecule has 0 spiro atoms. The van der Waals surface area contributed by atoms with E-state index in [0.717, 1.165) is 43.1 Å². The van der Waals surface area contributed by atoms with Crippen LogP contribution < -0.4 is 0 Å². The number of aromatic nitrogens is 1. The second-order valence-corrected chi connectivity index (χ2v) is 6.57. The first kappa shape index (κ1) is 14.0. The van der Waals surface area contributed by atoms with Gasteiger partial charge in [-0.25, -0.2) is 0 Å². The summed E-state index contributed by atoms with van der Waals surface area (Å²) in [5, 5.41) is 0. The number of carbonyl (C=O) groups is 1. The van der Waals surface area contributed by atoms with Crippen LogP contribution in [0, 0.1) is 0 Å². The van der Waals surface area contributed by atoms with Crippen LogP contribution in [0.4, 0.5) is 0 Å². The van der Waals surface area contributed by atoms with Crippen LogP contribution in [0.1, 0.15) is 36.0 Å². The Morgan fingerprint density at radius 2 is 2.00 bits per heavy atom. The zero-order valence-electron chi connectivity index (χ0n) is 11.6. The van der Waals surface area contributed by atoms with E-state index in [4.69, 9.17) is 0 Å². The zero-order valence-corrected chi connectivity index (χ0v) is 13.2. The number of amides is 1. The lowest BCUT2D eigenvalue weighted by atomic mass is 9.91. The fourth-order valence-corrected chi connectivity index (χ4v) is 3.33. The van der Waals surface area contributed by atoms with E-state index in [9.17, 15) is 4.79 Å². The number of hydrogen-bond acceptors (Lipinski definition) is 3. The van der Waals surface area contributed by atoms with Crippen molar-refractivity contribution < 1.29 is 4.79 Å². The van der Waals surface area contributed by atoms with Gasteiger partial charge < -0.3 is 4.90 Å². The monoisotopic (exact) mass is 337 g/mol. The Morgan fingerprint density at radius 1 is 1.15 bits per heavy atom. The van der Waals surface area contributed by atoms with Crippen molar-refractivity contribution in [2.75, 3.05) is 26.2 Å². The van der Waals surface area contributed by atoms with Crippen LogP contribution in [0.3, 0.4) is 0 Å². The molecule has 0 radical (unpaired) electrons. The third-order valence-corrected chi connectivity index (χ3v) is 4.79. The molecule has 2 fully saturated rings. The minimum absolute atomic E-state index is 0.106. The Hall–Kier alpha value is -0.940. The van der Waals surface area contributed by atoms with Gasteiger partial charge in [-0.2, -0.15) is 0 Å². The van der Waals surface area contributed by atoms with Crippen molar-refractivity contribution in [3.05, 3.63) is 28.5 Å². The average molecular weight is 338 g/mol. The zero-order chi connectivity index (χ0) is 13.9. The molecule has 0 atom stereocenters. The van der Waals surface area contributed by atoms with Gasteiger partial charge in [-0.05, 0) is 41.3 Å². The first-order valence-electron chi connectivity index (χ1n) is 7.38. The average Bonchev–Trinajstić information content (AvgIpc) is 2.62. The van der Waals surface area contributed by atoms with Crippen LogP contribution in [0.15, 0.2) is 22.9 Å². The lowest BCUT2D eigenvalue weighted by Gasteiger charge is -2.36. The third-order valence-electron chi connectivity index (χ3n) is 4.36. The molecule has 0 bridgehead atoms. The standard InChI is InChI=1S/C15H20BrN3O/c16-13-9-12(10-17-11-13)15(20)19-6-2-5-18(7-8-19)14-3-1-4-14/h9-11,14H,1-8H2. The Morgan fingerprint density at radius 3 is 2.70 bits per heavy atom. The van der Waals surface area contributed by atoms with Crippen LogP contribution in [0.2, 0.25) is 0 Å². The third kappa shape index (κ3) is 3.04. The molecular weight excluding hydrogens is 318 g/mol. The van der Waals surface area contributed by atoms with E-state index >= 15 is 0 Å². The highest BCUT2D eigenvalue weighted by molar-refractivity contribution is 9.10. The molecule has 1 aromatic rings. The Labute approximate surface area is 128 Å². The van der Waals surface area contributed by atoms with Gasteiger partial charge in [-0.15, -0.1) is 0 Å². The number of rotatable bonds is 2. The molecule has 1 aliphatic carbocycles. The number of hydrogen-bond donors (Lipinski definition) is 0. The van der Waals surface area contributed by atoms with E-state index < -0.39 is 0 Å². The van der Waals surface area contributed by atoms with Gasteiger partial charge in [0.05, 0.1) is 5.56 Å². The molecule has 2 heterocycles. The Bertz CT molecular complexity index is 490. The summed E-state index contributed by atoms with van der Waals surface area (Å²) in [5.41, 5.74) is 0.677. The second kappa shape index (κ2) is 6.22. The van der Waals surface area contributed by atoms with Crippen molar-refractivity contribution in [3.8, 4) is 0 Å². The maximum absolute atomic E-state index is 12.5. The van der Waals surface area contributed by atoms with E-state index in [-0.39, 0.29) is 5.91 Å². The fraction of sp³-hybridized carbons (Fsp3) is 0.600. The highest BCUT2D eigenvalue weighted by Gasteiger charge is 2.28. The van der Waals surface area contributed by atoms with Gasteiger partial charge in [-0.1, -0.05) is 6.42 Å². The summed E-state index contributed by atoms with van der Waals surface area (Å²) in [4.78, 5) is 21.1. The maximum Gasteiger partial charge on any atom is 0.255 e. The Kier molecular flexibility index (Phi) is 4.36. The van der Waals surface area contributed by atoms with Crippen LogP contribution in [0.25, 0.3) is 0 Å². The summed E-state index contributed by atoms with van der Waals surface area (Å²) in [5.74, 6) is 0.106. The predicted octanol–water partition coefficient (Wildman–Crippen LogP) is 2.54. The first-order chi connectivity index (χ1) is 9.74. The smallest absolute Gasteiger partial charge is 0.255 e. The van der Waals surface area contributed by atoms with E-state index in [0.29, 0.717) is 5.56 Å². The van der Waals surface area contributed by atoms with Crippen molar-refractivity contribution in [3.63, 3.8) is 0 Å². The van der Waals surface area contributed by atoms with E-state index in [1.54, 1.807) is 12.4 Å². The summed E-state index contributed by atoms with van der Waals surface area (Å²) in [6.07, 6.45) is 8.48. The van der Waals surface area contributed by atoms with Gasteiger partial charge in [0.1, 0.15) is 0 Å². The Balaban J connectivity index is 1.63. The molecule has 1 aliphatic heterocycles. The number of pyridine rings is 1. The highest BCUT2D eigenvalue weighted by atomic mass is 79.9. The van der Waals surface area contributed by atoms with Gasteiger partial charge in [0.2, 0.25) is 0 Å².